The molecule has 1 saturated carbocycles. The molecule has 0 aromatic heterocycles. The van der Waals surface area contributed by atoms with Crippen LogP contribution in [0.2, 0.25) is 0 Å². The van der Waals surface area contributed by atoms with Crippen LogP contribution >= 0.6 is 0 Å². The average Bonchev–Trinajstić information content (AvgIpc) is 3.03. The SMILES string of the molecule is CN1CCOCC2(CCN(C(=O)C3[C@H]4COC[C@@H]34)CC2)C1. The number of nitrogens with zero attached hydrogens (tertiary/aromatic N) is 2. The second-order valence-electron chi connectivity index (χ2n) is 7.51. The molecule has 1 amide bonds. The van der Waals surface area contributed by atoms with Crippen molar-refractivity contribution >= 4 is 5.91 Å². The van der Waals surface area contributed by atoms with Gasteiger partial charge in [0.25, 0.3) is 0 Å². The van der Waals surface area contributed by atoms with Crippen LogP contribution in [0.5, 0.6) is 0 Å². The number of likely N-dealkylation sites (N-methyl/N-ethyl adjacent to an activating group) is 1. The maximum absolute atomic E-state index is 12.6. The van der Waals surface area contributed by atoms with E-state index in [0.717, 1.165) is 65.4 Å². The summed E-state index contributed by atoms with van der Waals surface area (Å²) < 4.78 is 11.2. The third-order valence-corrected chi connectivity index (χ3v) is 6.00. The van der Waals surface area contributed by atoms with E-state index in [-0.39, 0.29) is 11.3 Å². The number of amides is 1. The Hall–Kier alpha value is -0.650. The highest BCUT2D eigenvalue weighted by Crippen LogP contribution is 2.52. The normalized spacial score (nSPS) is 39.1. The van der Waals surface area contributed by atoms with E-state index < -0.39 is 0 Å². The molecule has 3 atom stereocenters. The molecule has 1 aliphatic carbocycles. The number of rotatable bonds is 1. The second-order valence-corrected chi connectivity index (χ2v) is 7.51. The number of carbonyl (C=O) groups excluding carboxylic acids is 1. The molecular weight excluding hydrogens is 268 g/mol. The highest BCUT2D eigenvalue weighted by Gasteiger charge is 2.59. The van der Waals surface area contributed by atoms with Crippen molar-refractivity contribution in [2.24, 2.45) is 23.2 Å². The number of carbonyl (C=O) groups is 1. The summed E-state index contributed by atoms with van der Waals surface area (Å²) in [6.07, 6.45) is 2.17. The number of ether oxygens (including phenoxy) is 2. The van der Waals surface area contributed by atoms with E-state index in [4.69, 9.17) is 9.47 Å². The van der Waals surface area contributed by atoms with Crippen LogP contribution in [0, 0.1) is 23.2 Å². The Kier molecular flexibility index (Phi) is 3.47. The van der Waals surface area contributed by atoms with Gasteiger partial charge in [0.2, 0.25) is 5.91 Å². The number of hydrogen-bond acceptors (Lipinski definition) is 4. The Morgan fingerprint density at radius 2 is 1.81 bits per heavy atom. The summed E-state index contributed by atoms with van der Waals surface area (Å²) in [5.41, 5.74) is 0.268. The maximum Gasteiger partial charge on any atom is 0.226 e. The molecule has 0 radical (unpaired) electrons. The van der Waals surface area contributed by atoms with Gasteiger partial charge in [0.05, 0.1) is 26.4 Å². The lowest BCUT2D eigenvalue weighted by atomic mass is 9.78. The van der Waals surface area contributed by atoms with Crippen LogP contribution in [0.4, 0.5) is 0 Å². The fraction of sp³-hybridized carbons (Fsp3) is 0.938. The fourth-order valence-electron chi connectivity index (χ4n) is 4.53. The van der Waals surface area contributed by atoms with Crippen LogP contribution in [0.1, 0.15) is 12.8 Å². The molecule has 0 bridgehead atoms. The van der Waals surface area contributed by atoms with Crippen LogP contribution in [-0.4, -0.2) is 75.4 Å². The first-order valence-corrected chi connectivity index (χ1v) is 8.31. The minimum absolute atomic E-state index is 0.268. The summed E-state index contributed by atoms with van der Waals surface area (Å²) in [4.78, 5) is 17.1. The molecule has 5 nitrogen and oxygen atoms in total. The molecular formula is C16H26N2O3. The monoisotopic (exact) mass is 294 g/mol. The number of fused-ring (bicyclic) bond motifs is 1. The lowest BCUT2D eigenvalue weighted by molar-refractivity contribution is -0.137. The predicted octanol–water partition coefficient (Wildman–Crippen LogP) is 0.450. The first kappa shape index (κ1) is 14.0. The molecule has 3 aliphatic heterocycles. The molecule has 5 heteroatoms. The van der Waals surface area contributed by atoms with E-state index in [1.165, 1.54) is 0 Å². The molecule has 3 heterocycles. The zero-order valence-electron chi connectivity index (χ0n) is 12.9. The number of hydrogen-bond donors (Lipinski definition) is 0. The van der Waals surface area contributed by atoms with Crippen molar-refractivity contribution in [3.8, 4) is 0 Å². The van der Waals surface area contributed by atoms with Crippen LogP contribution in [-0.2, 0) is 14.3 Å². The summed E-state index contributed by atoms with van der Waals surface area (Å²) in [7, 11) is 2.18. The summed E-state index contributed by atoms with van der Waals surface area (Å²) in [5.74, 6) is 1.73. The third kappa shape index (κ3) is 2.49. The first-order chi connectivity index (χ1) is 10.2. The van der Waals surface area contributed by atoms with Crippen molar-refractivity contribution in [3.63, 3.8) is 0 Å². The summed E-state index contributed by atoms with van der Waals surface area (Å²) in [5, 5.41) is 0. The van der Waals surface area contributed by atoms with Crippen molar-refractivity contribution in [1.82, 2.24) is 9.80 Å². The summed E-state index contributed by atoms with van der Waals surface area (Å²) >= 11 is 0. The van der Waals surface area contributed by atoms with E-state index >= 15 is 0 Å². The van der Waals surface area contributed by atoms with Gasteiger partial charge in [0.15, 0.2) is 0 Å². The lowest BCUT2D eigenvalue weighted by Crippen LogP contribution is -2.49. The first-order valence-electron chi connectivity index (χ1n) is 8.31. The van der Waals surface area contributed by atoms with Crippen LogP contribution in [0.15, 0.2) is 0 Å². The molecule has 3 saturated heterocycles. The Bertz CT molecular complexity index is 410. The van der Waals surface area contributed by atoms with Crippen molar-refractivity contribution in [1.29, 1.82) is 0 Å². The maximum atomic E-state index is 12.6. The van der Waals surface area contributed by atoms with E-state index in [1.807, 2.05) is 0 Å². The van der Waals surface area contributed by atoms with Gasteiger partial charge in [-0.15, -0.1) is 0 Å². The van der Waals surface area contributed by atoms with Crippen LogP contribution in [0.3, 0.4) is 0 Å². The van der Waals surface area contributed by atoms with E-state index in [2.05, 4.69) is 16.8 Å². The van der Waals surface area contributed by atoms with E-state index in [0.29, 0.717) is 17.7 Å². The minimum Gasteiger partial charge on any atom is -0.381 e. The molecule has 0 N–H and O–H groups in total. The zero-order chi connectivity index (χ0) is 14.4. The smallest absolute Gasteiger partial charge is 0.226 e. The Balaban J connectivity index is 1.35. The highest BCUT2D eigenvalue weighted by atomic mass is 16.5. The van der Waals surface area contributed by atoms with Gasteiger partial charge < -0.3 is 19.3 Å². The van der Waals surface area contributed by atoms with Crippen LogP contribution in [0.25, 0.3) is 0 Å². The van der Waals surface area contributed by atoms with Crippen LogP contribution < -0.4 is 0 Å². The van der Waals surface area contributed by atoms with Gasteiger partial charge in [0.1, 0.15) is 0 Å². The summed E-state index contributed by atoms with van der Waals surface area (Å²) in [6, 6.07) is 0. The van der Waals surface area contributed by atoms with Gasteiger partial charge in [-0.1, -0.05) is 0 Å². The molecule has 118 valence electrons. The average molecular weight is 294 g/mol. The quantitative estimate of drug-likeness (QED) is 0.704. The Labute approximate surface area is 126 Å². The fourth-order valence-corrected chi connectivity index (χ4v) is 4.53. The van der Waals surface area contributed by atoms with Crippen molar-refractivity contribution in [3.05, 3.63) is 0 Å². The largest absolute Gasteiger partial charge is 0.381 e. The molecule has 4 aliphatic rings. The molecule has 0 aromatic carbocycles. The van der Waals surface area contributed by atoms with Gasteiger partial charge in [0, 0.05) is 37.5 Å². The molecule has 0 aromatic rings. The number of piperidine rings is 1. The van der Waals surface area contributed by atoms with Gasteiger partial charge >= 0.3 is 0 Å². The minimum atomic E-state index is 0.268. The van der Waals surface area contributed by atoms with Gasteiger partial charge in [-0.25, -0.2) is 0 Å². The number of likely N-dealkylation sites (tertiary alicyclic amines) is 1. The highest BCUT2D eigenvalue weighted by molar-refractivity contribution is 5.82. The second kappa shape index (κ2) is 5.21. The van der Waals surface area contributed by atoms with Gasteiger partial charge in [-0.05, 0) is 31.7 Å². The summed E-state index contributed by atoms with van der Waals surface area (Å²) in [6.45, 7) is 7.26. The topological polar surface area (TPSA) is 42.0 Å². The van der Waals surface area contributed by atoms with E-state index in [9.17, 15) is 4.79 Å². The van der Waals surface area contributed by atoms with Crippen molar-refractivity contribution < 1.29 is 14.3 Å². The molecule has 1 spiro atoms. The predicted molar refractivity (Wildman–Crippen MR) is 77.9 cm³/mol. The molecule has 4 rings (SSSR count). The van der Waals surface area contributed by atoms with Gasteiger partial charge in [-0.3, -0.25) is 4.79 Å². The van der Waals surface area contributed by atoms with Crippen molar-refractivity contribution in [2.45, 2.75) is 12.8 Å². The Morgan fingerprint density at radius 1 is 1.10 bits per heavy atom. The Morgan fingerprint density at radius 3 is 2.52 bits per heavy atom. The van der Waals surface area contributed by atoms with Gasteiger partial charge in [-0.2, -0.15) is 0 Å². The lowest BCUT2D eigenvalue weighted by Gasteiger charge is -2.42. The molecule has 1 unspecified atom stereocenters. The third-order valence-electron chi connectivity index (χ3n) is 6.00. The zero-order valence-corrected chi connectivity index (χ0v) is 12.9. The molecule has 4 fully saturated rings. The van der Waals surface area contributed by atoms with E-state index in [1.54, 1.807) is 0 Å². The molecule has 21 heavy (non-hydrogen) atoms. The standard InChI is InChI=1S/C16H26N2O3/c1-17-6-7-20-11-16(10-17)2-4-18(5-3-16)15(19)14-12-8-21-9-13(12)14/h12-14H,2-11H2,1H3/t12-,13+,14?. The van der Waals surface area contributed by atoms with Crippen molar-refractivity contribution in [2.75, 3.05) is 59.7 Å².